The number of carbonyl (C=O) groups excluding carboxylic acids is 1. The monoisotopic (exact) mass is 364 g/mol. The Morgan fingerprint density at radius 1 is 1.38 bits per heavy atom. The Hall–Kier alpha value is -1.73. The van der Waals surface area contributed by atoms with Crippen LogP contribution in [0.3, 0.4) is 0 Å². The first-order valence-corrected chi connectivity index (χ1v) is 9.69. The maximum atomic E-state index is 12.3. The minimum atomic E-state index is 0.0109. The highest BCUT2D eigenvalue weighted by Gasteiger charge is 2.19. The number of hydrogen-bond donors (Lipinski definition) is 0. The Morgan fingerprint density at radius 2 is 2.17 bits per heavy atom. The van der Waals surface area contributed by atoms with Crippen LogP contribution in [0, 0.1) is 0 Å². The number of thiazole rings is 1. The minimum Gasteiger partial charge on any atom is -0.486 e. The molecule has 0 N–H and O–H groups in total. The fourth-order valence-electron chi connectivity index (χ4n) is 2.37. The Kier molecular flexibility index (Phi) is 5.63. The van der Waals surface area contributed by atoms with Crippen LogP contribution in [0.4, 0.5) is 0 Å². The van der Waals surface area contributed by atoms with E-state index in [-0.39, 0.29) is 11.9 Å². The van der Waals surface area contributed by atoms with E-state index >= 15 is 0 Å². The molecule has 1 amide bonds. The number of hydrogen-bond acceptors (Lipinski definition) is 6. The summed E-state index contributed by atoms with van der Waals surface area (Å²) < 4.78 is 11.1. The minimum absolute atomic E-state index is 0.0109. The number of rotatable bonds is 6. The van der Waals surface area contributed by atoms with Gasteiger partial charge in [-0.05, 0) is 25.1 Å². The van der Waals surface area contributed by atoms with Crippen molar-refractivity contribution in [2.45, 2.75) is 24.3 Å². The molecule has 0 saturated heterocycles. The van der Waals surface area contributed by atoms with Gasteiger partial charge < -0.3 is 14.4 Å². The van der Waals surface area contributed by atoms with E-state index in [1.54, 1.807) is 34.2 Å². The number of benzene rings is 1. The van der Waals surface area contributed by atoms with Crippen molar-refractivity contribution in [3.63, 3.8) is 0 Å². The molecular formula is C17H20N2O3S2. The Balaban J connectivity index is 1.50. The van der Waals surface area contributed by atoms with Crippen molar-refractivity contribution in [3.8, 4) is 11.5 Å². The molecule has 3 rings (SSSR count). The van der Waals surface area contributed by atoms with Crippen LogP contribution in [-0.2, 0) is 4.79 Å². The van der Waals surface area contributed by atoms with E-state index in [0.717, 1.165) is 27.2 Å². The Morgan fingerprint density at radius 3 is 2.92 bits per heavy atom. The summed E-state index contributed by atoms with van der Waals surface area (Å²) in [6.07, 6.45) is 2.26. The van der Waals surface area contributed by atoms with Crippen LogP contribution < -0.4 is 9.47 Å². The fourth-order valence-corrected chi connectivity index (χ4v) is 3.97. The molecule has 1 unspecified atom stereocenters. The van der Waals surface area contributed by atoms with Crippen LogP contribution in [0.2, 0.25) is 0 Å². The summed E-state index contributed by atoms with van der Waals surface area (Å²) in [6.45, 7) is 3.18. The molecule has 2 heterocycles. The molecule has 1 aliphatic rings. The molecule has 128 valence electrons. The molecule has 0 radical (unpaired) electrons. The number of fused-ring (bicyclic) bond motifs is 1. The van der Waals surface area contributed by atoms with Gasteiger partial charge in [0.25, 0.3) is 0 Å². The molecule has 1 aromatic heterocycles. The van der Waals surface area contributed by atoms with Gasteiger partial charge in [0, 0.05) is 35.7 Å². The SMILES string of the molecule is CC(c1nccs1)N(C)C(=O)CCSc1ccc2c(c1)OCCO2. The lowest BCUT2D eigenvalue weighted by Crippen LogP contribution is -2.29. The third kappa shape index (κ3) is 4.02. The van der Waals surface area contributed by atoms with Gasteiger partial charge in [0.15, 0.2) is 11.5 Å². The van der Waals surface area contributed by atoms with Crippen LogP contribution in [0.25, 0.3) is 0 Å². The smallest absolute Gasteiger partial charge is 0.223 e. The number of carbonyl (C=O) groups is 1. The van der Waals surface area contributed by atoms with Crippen molar-refractivity contribution in [2.24, 2.45) is 0 Å². The van der Waals surface area contributed by atoms with E-state index in [9.17, 15) is 4.79 Å². The molecule has 5 nitrogen and oxygen atoms in total. The van der Waals surface area contributed by atoms with Gasteiger partial charge in [-0.3, -0.25) is 4.79 Å². The van der Waals surface area contributed by atoms with Crippen LogP contribution in [0.15, 0.2) is 34.7 Å². The number of amides is 1. The van der Waals surface area contributed by atoms with Gasteiger partial charge in [0.1, 0.15) is 18.2 Å². The van der Waals surface area contributed by atoms with Crippen molar-refractivity contribution in [1.82, 2.24) is 9.88 Å². The maximum Gasteiger partial charge on any atom is 0.223 e. The van der Waals surface area contributed by atoms with Crippen molar-refractivity contribution in [1.29, 1.82) is 0 Å². The zero-order valence-corrected chi connectivity index (χ0v) is 15.4. The van der Waals surface area contributed by atoms with Gasteiger partial charge in [0.2, 0.25) is 5.91 Å². The zero-order chi connectivity index (χ0) is 16.9. The summed E-state index contributed by atoms with van der Waals surface area (Å²) >= 11 is 3.23. The summed E-state index contributed by atoms with van der Waals surface area (Å²) in [4.78, 5) is 19.5. The molecule has 7 heteroatoms. The molecule has 1 aliphatic heterocycles. The van der Waals surface area contributed by atoms with Crippen molar-refractivity contribution < 1.29 is 14.3 Å². The van der Waals surface area contributed by atoms with Crippen LogP contribution in [-0.4, -0.2) is 41.8 Å². The topological polar surface area (TPSA) is 51.7 Å². The lowest BCUT2D eigenvalue weighted by Gasteiger charge is -2.23. The Labute approximate surface area is 150 Å². The third-order valence-electron chi connectivity index (χ3n) is 3.88. The molecule has 2 aromatic rings. The van der Waals surface area contributed by atoms with Crippen molar-refractivity contribution in [3.05, 3.63) is 34.8 Å². The summed E-state index contributed by atoms with van der Waals surface area (Å²) in [5, 5.41) is 2.90. The number of aromatic nitrogens is 1. The lowest BCUT2D eigenvalue weighted by atomic mass is 10.3. The summed E-state index contributed by atoms with van der Waals surface area (Å²) in [5.74, 6) is 2.43. The normalized spacial score (nSPS) is 14.2. The first-order valence-electron chi connectivity index (χ1n) is 7.82. The van der Waals surface area contributed by atoms with Crippen molar-refractivity contribution >= 4 is 29.0 Å². The molecule has 0 spiro atoms. The van der Waals surface area contributed by atoms with Gasteiger partial charge in [-0.1, -0.05) is 0 Å². The average Bonchev–Trinajstić information content (AvgIpc) is 3.15. The second-order valence-corrected chi connectivity index (χ2v) is 7.55. The predicted molar refractivity (Wildman–Crippen MR) is 96.1 cm³/mol. The molecule has 0 saturated carbocycles. The first kappa shape index (κ1) is 17.1. The van der Waals surface area contributed by atoms with Gasteiger partial charge >= 0.3 is 0 Å². The highest BCUT2D eigenvalue weighted by molar-refractivity contribution is 7.99. The van der Waals surface area contributed by atoms with E-state index in [1.807, 2.05) is 37.6 Å². The highest BCUT2D eigenvalue weighted by atomic mass is 32.2. The average molecular weight is 364 g/mol. The first-order chi connectivity index (χ1) is 11.6. The van der Waals surface area contributed by atoms with E-state index in [2.05, 4.69) is 4.98 Å². The largest absolute Gasteiger partial charge is 0.486 e. The quantitative estimate of drug-likeness (QED) is 0.733. The van der Waals surface area contributed by atoms with Gasteiger partial charge in [-0.15, -0.1) is 23.1 Å². The van der Waals surface area contributed by atoms with Gasteiger partial charge in [0.05, 0.1) is 6.04 Å². The van der Waals surface area contributed by atoms with Gasteiger partial charge in [-0.25, -0.2) is 4.98 Å². The summed E-state index contributed by atoms with van der Waals surface area (Å²) in [7, 11) is 1.84. The molecule has 0 fully saturated rings. The van der Waals surface area contributed by atoms with Crippen LogP contribution in [0.5, 0.6) is 11.5 Å². The lowest BCUT2D eigenvalue weighted by molar-refractivity contribution is -0.131. The number of nitrogens with zero attached hydrogens (tertiary/aromatic N) is 2. The number of ether oxygens (including phenoxy) is 2. The standard InChI is InChI=1S/C17H20N2O3S2/c1-12(17-18-6-10-24-17)19(2)16(20)5-9-23-13-3-4-14-15(11-13)22-8-7-21-14/h3-4,6,10-12H,5,7-9H2,1-2H3. The second-order valence-electron chi connectivity index (χ2n) is 5.45. The zero-order valence-electron chi connectivity index (χ0n) is 13.7. The molecule has 1 aromatic carbocycles. The highest BCUT2D eigenvalue weighted by Crippen LogP contribution is 2.34. The molecule has 24 heavy (non-hydrogen) atoms. The van der Waals surface area contributed by atoms with Crippen LogP contribution >= 0.6 is 23.1 Å². The maximum absolute atomic E-state index is 12.3. The number of thioether (sulfide) groups is 1. The third-order valence-corrected chi connectivity index (χ3v) is 5.82. The van der Waals surface area contributed by atoms with Crippen molar-refractivity contribution in [2.75, 3.05) is 26.0 Å². The molecule has 0 bridgehead atoms. The van der Waals surface area contributed by atoms with E-state index in [4.69, 9.17) is 9.47 Å². The van der Waals surface area contributed by atoms with Gasteiger partial charge in [-0.2, -0.15) is 0 Å². The van der Waals surface area contributed by atoms with E-state index in [1.165, 1.54) is 0 Å². The summed E-state index contributed by atoms with van der Waals surface area (Å²) in [6, 6.07) is 5.92. The fraction of sp³-hybridized carbons (Fsp3) is 0.412. The summed E-state index contributed by atoms with van der Waals surface area (Å²) in [5.41, 5.74) is 0. The predicted octanol–water partition coefficient (Wildman–Crippen LogP) is 3.62. The molecular weight excluding hydrogens is 344 g/mol. The van der Waals surface area contributed by atoms with Crippen LogP contribution in [0.1, 0.15) is 24.4 Å². The second kappa shape index (κ2) is 7.90. The Bertz CT molecular complexity index is 691. The molecule has 0 aliphatic carbocycles. The van der Waals surface area contributed by atoms with E-state index < -0.39 is 0 Å². The molecule has 1 atom stereocenters. The van der Waals surface area contributed by atoms with E-state index in [0.29, 0.717) is 19.6 Å².